The van der Waals surface area contributed by atoms with Crippen LogP contribution in [0.25, 0.3) is 0 Å². The summed E-state index contributed by atoms with van der Waals surface area (Å²) < 4.78 is 16.7. The minimum absolute atomic E-state index is 0.118. The van der Waals surface area contributed by atoms with Gasteiger partial charge in [-0.2, -0.15) is 0 Å². The zero-order chi connectivity index (χ0) is 46.5. The molecule has 0 heterocycles. The first-order chi connectivity index (χ1) is 31.5. The highest BCUT2D eigenvalue weighted by Gasteiger charge is 2.19. The van der Waals surface area contributed by atoms with E-state index in [1.807, 2.05) is 12.2 Å². The quantitative estimate of drug-likeness (QED) is 0.0262. The highest BCUT2D eigenvalue weighted by molar-refractivity contribution is 5.71. The van der Waals surface area contributed by atoms with E-state index < -0.39 is 12.1 Å². The van der Waals surface area contributed by atoms with Crippen molar-refractivity contribution in [2.45, 2.75) is 213 Å². The number of unbranched alkanes of at least 4 members (excludes halogenated alkanes) is 13. The van der Waals surface area contributed by atoms with Crippen molar-refractivity contribution in [3.05, 3.63) is 122 Å². The molecule has 0 aromatic carbocycles. The number of carbonyl (C=O) groups is 3. The molecular formula is C58H92O6. The van der Waals surface area contributed by atoms with Crippen LogP contribution in [0.3, 0.4) is 0 Å². The highest BCUT2D eigenvalue weighted by Crippen LogP contribution is 2.13. The SMILES string of the molecule is CC/C=C\C/C=C\C/C=C\C/C=C\C/C=C\CCCCCCCCCC(=O)OCC(COC(=O)CCCCCCC/C=C\CCC)OC(=O)CC/C=C\C/C=C\C/C=C\C/C=C\CC. The molecule has 0 radical (unpaired) electrons. The van der Waals surface area contributed by atoms with Crippen molar-refractivity contribution in [2.24, 2.45) is 0 Å². The summed E-state index contributed by atoms with van der Waals surface area (Å²) in [6, 6.07) is 0. The second-order valence-corrected chi connectivity index (χ2v) is 16.3. The zero-order valence-electron chi connectivity index (χ0n) is 41.0. The predicted octanol–water partition coefficient (Wildman–Crippen LogP) is 16.9. The summed E-state index contributed by atoms with van der Waals surface area (Å²) in [4.78, 5) is 37.8. The summed E-state index contributed by atoms with van der Waals surface area (Å²) in [6.07, 6.45) is 70.6. The van der Waals surface area contributed by atoms with Crippen LogP contribution in [0.2, 0.25) is 0 Å². The van der Waals surface area contributed by atoms with Crippen molar-refractivity contribution in [3.63, 3.8) is 0 Å². The molecule has 64 heavy (non-hydrogen) atoms. The van der Waals surface area contributed by atoms with E-state index in [9.17, 15) is 14.4 Å². The normalized spacial score (nSPS) is 13.1. The monoisotopic (exact) mass is 885 g/mol. The van der Waals surface area contributed by atoms with Crippen LogP contribution in [0.15, 0.2) is 122 Å². The molecule has 0 aromatic heterocycles. The van der Waals surface area contributed by atoms with Crippen molar-refractivity contribution >= 4 is 17.9 Å². The fourth-order valence-electron chi connectivity index (χ4n) is 6.42. The predicted molar refractivity (Wildman–Crippen MR) is 274 cm³/mol. The van der Waals surface area contributed by atoms with Crippen molar-refractivity contribution < 1.29 is 28.6 Å². The molecule has 0 rings (SSSR count). The van der Waals surface area contributed by atoms with Crippen molar-refractivity contribution in [1.29, 1.82) is 0 Å². The van der Waals surface area contributed by atoms with Gasteiger partial charge in [0, 0.05) is 19.3 Å². The largest absolute Gasteiger partial charge is 0.462 e. The molecule has 0 saturated heterocycles. The molecule has 360 valence electrons. The molecule has 0 spiro atoms. The fourth-order valence-corrected chi connectivity index (χ4v) is 6.42. The van der Waals surface area contributed by atoms with Gasteiger partial charge < -0.3 is 14.2 Å². The second kappa shape index (κ2) is 51.4. The van der Waals surface area contributed by atoms with E-state index in [0.29, 0.717) is 19.3 Å². The Balaban J connectivity index is 4.40. The van der Waals surface area contributed by atoms with Gasteiger partial charge in [0.2, 0.25) is 0 Å². The Labute approximate surface area is 392 Å². The molecule has 1 atom stereocenters. The van der Waals surface area contributed by atoms with E-state index in [1.165, 1.54) is 38.5 Å². The molecule has 6 nitrogen and oxygen atoms in total. The molecule has 0 aliphatic rings. The van der Waals surface area contributed by atoms with Crippen LogP contribution >= 0.6 is 0 Å². The van der Waals surface area contributed by atoms with Gasteiger partial charge in [0.25, 0.3) is 0 Å². The minimum atomic E-state index is -0.826. The lowest BCUT2D eigenvalue weighted by Crippen LogP contribution is -2.30. The first-order valence-corrected chi connectivity index (χ1v) is 25.5. The van der Waals surface area contributed by atoms with E-state index in [0.717, 1.165) is 122 Å². The van der Waals surface area contributed by atoms with Crippen molar-refractivity contribution in [1.82, 2.24) is 0 Å². The van der Waals surface area contributed by atoms with Crippen LogP contribution in [-0.2, 0) is 28.6 Å². The molecule has 0 N–H and O–H groups in total. The minimum Gasteiger partial charge on any atom is -0.462 e. The molecule has 0 saturated carbocycles. The summed E-state index contributed by atoms with van der Waals surface area (Å²) in [5.74, 6) is -1.03. The summed E-state index contributed by atoms with van der Waals surface area (Å²) >= 11 is 0. The van der Waals surface area contributed by atoms with E-state index in [1.54, 1.807) is 0 Å². The number of ether oxygens (including phenoxy) is 3. The third kappa shape index (κ3) is 48.8. The lowest BCUT2D eigenvalue weighted by molar-refractivity contribution is -0.166. The average molecular weight is 885 g/mol. The lowest BCUT2D eigenvalue weighted by atomic mass is 10.1. The summed E-state index contributed by atoms with van der Waals surface area (Å²) in [6.45, 7) is 6.24. The van der Waals surface area contributed by atoms with Crippen molar-refractivity contribution in [3.8, 4) is 0 Å². The molecule has 0 fully saturated rings. The summed E-state index contributed by atoms with van der Waals surface area (Å²) in [5, 5.41) is 0. The zero-order valence-corrected chi connectivity index (χ0v) is 41.0. The van der Waals surface area contributed by atoms with Gasteiger partial charge in [-0.05, 0) is 109 Å². The molecule has 0 aromatic rings. The lowest BCUT2D eigenvalue weighted by Gasteiger charge is -2.18. The Bertz CT molecular complexity index is 1390. The Morgan fingerprint density at radius 3 is 1.03 bits per heavy atom. The van der Waals surface area contributed by atoms with Crippen LogP contribution < -0.4 is 0 Å². The Morgan fingerprint density at radius 2 is 0.641 bits per heavy atom. The maximum atomic E-state index is 12.7. The molecule has 0 amide bonds. The maximum absolute atomic E-state index is 12.7. The summed E-state index contributed by atoms with van der Waals surface area (Å²) in [5.41, 5.74) is 0. The van der Waals surface area contributed by atoms with E-state index in [-0.39, 0.29) is 31.6 Å². The van der Waals surface area contributed by atoms with Crippen LogP contribution in [0.5, 0.6) is 0 Å². The van der Waals surface area contributed by atoms with Gasteiger partial charge in [0.05, 0.1) is 0 Å². The Morgan fingerprint density at radius 1 is 0.328 bits per heavy atom. The molecule has 6 heteroatoms. The molecule has 0 aliphatic carbocycles. The Kier molecular flexibility index (Phi) is 48.1. The number of rotatable bonds is 44. The number of esters is 3. The molecule has 0 aliphatic heterocycles. The number of allylic oxidation sites excluding steroid dienone is 20. The van der Waals surface area contributed by atoms with Gasteiger partial charge in [-0.3, -0.25) is 14.4 Å². The number of carbonyl (C=O) groups excluding carboxylic acids is 3. The van der Waals surface area contributed by atoms with Crippen LogP contribution in [-0.4, -0.2) is 37.2 Å². The van der Waals surface area contributed by atoms with Gasteiger partial charge in [-0.15, -0.1) is 0 Å². The van der Waals surface area contributed by atoms with Gasteiger partial charge in [-0.25, -0.2) is 0 Å². The topological polar surface area (TPSA) is 78.9 Å². The molecule has 1 unspecified atom stereocenters. The van der Waals surface area contributed by atoms with Crippen LogP contribution in [0.1, 0.15) is 207 Å². The average Bonchev–Trinajstić information content (AvgIpc) is 3.29. The standard InChI is InChI=1S/C58H92O6/c1-4-7-10-13-16-19-22-24-25-26-27-28-29-30-31-32-33-35-36-39-42-45-48-51-57(60)63-54-55(53-62-56(59)50-47-44-41-38-21-18-15-12-9-6-3)64-58(61)52-49-46-43-40-37-34-23-20-17-14-11-8-5-2/h7-8,10-12,15-17,19-20,24-25,27-28,30-31,34,37,43,46,55H,4-6,9,13-14,18,21-23,26,29,32-33,35-36,38-42,44-45,47-54H2,1-3H3/b10-7-,11-8-,15-12-,19-16-,20-17-,25-24-,28-27-,31-30-,37-34-,46-43-. The Hall–Kier alpha value is -4.19. The third-order valence-corrected chi connectivity index (χ3v) is 10.2. The van der Waals surface area contributed by atoms with Gasteiger partial charge in [-0.1, -0.05) is 200 Å². The van der Waals surface area contributed by atoms with Crippen LogP contribution in [0.4, 0.5) is 0 Å². The van der Waals surface area contributed by atoms with E-state index >= 15 is 0 Å². The molecule has 0 bridgehead atoms. The smallest absolute Gasteiger partial charge is 0.306 e. The van der Waals surface area contributed by atoms with E-state index in [2.05, 4.69) is 130 Å². The first-order valence-electron chi connectivity index (χ1n) is 25.5. The third-order valence-electron chi connectivity index (χ3n) is 10.2. The highest BCUT2D eigenvalue weighted by atomic mass is 16.6. The van der Waals surface area contributed by atoms with Gasteiger partial charge in [0.1, 0.15) is 13.2 Å². The van der Waals surface area contributed by atoms with E-state index in [4.69, 9.17) is 14.2 Å². The summed E-state index contributed by atoms with van der Waals surface area (Å²) in [7, 11) is 0. The van der Waals surface area contributed by atoms with Crippen molar-refractivity contribution in [2.75, 3.05) is 13.2 Å². The number of hydrogen-bond acceptors (Lipinski definition) is 6. The second-order valence-electron chi connectivity index (χ2n) is 16.3. The fraction of sp³-hybridized carbons (Fsp3) is 0.603. The van der Waals surface area contributed by atoms with Gasteiger partial charge >= 0.3 is 17.9 Å². The van der Waals surface area contributed by atoms with Crippen LogP contribution in [0, 0.1) is 0 Å². The molecular weight excluding hydrogens is 793 g/mol. The van der Waals surface area contributed by atoms with Gasteiger partial charge in [0.15, 0.2) is 6.10 Å². The first kappa shape index (κ1) is 59.8. The maximum Gasteiger partial charge on any atom is 0.306 e. The number of hydrogen-bond donors (Lipinski definition) is 0.